The van der Waals surface area contributed by atoms with Crippen molar-refractivity contribution in [2.24, 2.45) is 5.92 Å². The number of nitrogen functional groups attached to an aromatic ring is 1. The van der Waals surface area contributed by atoms with Gasteiger partial charge in [0.1, 0.15) is 4.88 Å². The molecule has 6 heteroatoms. The monoisotopic (exact) mass is 323 g/mol. The first-order valence-corrected chi connectivity index (χ1v) is 8.99. The highest BCUT2D eigenvalue weighted by atomic mass is 32.1. The smallest absolute Gasteiger partial charge is 0.266 e. The van der Waals surface area contributed by atoms with Gasteiger partial charge in [0.15, 0.2) is 0 Å². The molecule has 3 rings (SSSR count). The van der Waals surface area contributed by atoms with E-state index < -0.39 is 0 Å². The fourth-order valence-electron chi connectivity index (χ4n) is 3.50. The Morgan fingerprint density at radius 1 is 1.32 bits per heavy atom. The summed E-state index contributed by atoms with van der Waals surface area (Å²) in [5.74, 6) is 0.771. The van der Waals surface area contributed by atoms with Gasteiger partial charge < -0.3 is 15.4 Å². The van der Waals surface area contributed by atoms with E-state index in [2.05, 4.69) is 11.8 Å². The molecule has 0 bridgehead atoms. The van der Waals surface area contributed by atoms with Gasteiger partial charge in [-0.1, -0.05) is 0 Å². The molecule has 1 aromatic rings. The summed E-state index contributed by atoms with van der Waals surface area (Å²) in [4.78, 5) is 17.7. The van der Waals surface area contributed by atoms with Crippen molar-refractivity contribution in [2.45, 2.75) is 25.8 Å². The number of hydrogen-bond acceptors (Lipinski definition) is 5. The third kappa shape index (κ3) is 3.29. The normalized spacial score (nSPS) is 22.7. The van der Waals surface area contributed by atoms with Crippen molar-refractivity contribution in [3.05, 3.63) is 16.3 Å². The summed E-state index contributed by atoms with van der Waals surface area (Å²) >= 11 is 1.44. The molecule has 1 amide bonds. The predicted molar refractivity (Wildman–Crippen MR) is 89.2 cm³/mol. The molecule has 122 valence electrons. The molecule has 0 spiro atoms. The molecule has 0 radical (unpaired) electrons. The highest BCUT2D eigenvalue weighted by Crippen LogP contribution is 2.27. The Labute approximate surface area is 136 Å². The van der Waals surface area contributed by atoms with E-state index in [0.29, 0.717) is 22.5 Å². The van der Waals surface area contributed by atoms with Gasteiger partial charge in [-0.05, 0) is 37.1 Å². The van der Waals surface area contributed by atoms with E-state index >= 15 is 0 Å². The zero-order valence-corrected chi connectivity index (χ0v) is 14.0. The van der Waals surface area contributed by atoms with Crippen LogP contribution in [0.5, 0.6) is 0 Å². The summed E-state index contributed by atoms with van der Waals surface area (Å²) in [7, 11) is 0. The van der Waals surface area contributed by atoms with Crippen molar-refractivity contribution in [1.29, 1.82) is 0 Å². The molecule has 22 heavy (non-hydrogen) atoms. The molecule has 0 aromatic carbocycles. The molecule has 2 N–H and O–H groups in total. The zero-order chi connectivity index (χ0) is 15.5. The standard InChI is InChI=1S/C16H25N3O2S/c1-12(18-7-9-21-10-8-18)13-2-5-19(6-3-13)16(20)15-14(17)4-11-22-15/h4,11-13H,2-3,5-10,17H2,1H3/t12-/m1/s1. The Kier molecular flexibility index (Phi) is 5.00. The van der Waals surface area contributed by atoms with E-state index in [4.69, 9.17) is 10.5 Å². The number of piperidine rings is 1. The number of carbonyl (C=O) groups excluding carboxylic acids is 1. The van der Waals surface area contributed by atoms with Gasteiger partial charge in [-0.25, -0.2) is 0 Å². The third-order valence-electron chi connectivity index (χ3n) is 5.02. The van der Waals surface area contributed by atoms with Crippen LogP contribution in [-0.4, -0.2) is 61.1 Å². The molecule has 1 aromatic heterocycles. The molecule has 5 nitrogen and oxygen atoms in total. The van der Waals surface area contributed by atoms with E-state index in [1.165, 1.54) is 11.3 Å². The Balaban J connectivity index is 1.53. The summed E-state index contributed by atoms with van der Waals surface area (Å²) in [6.07, 6.45) is 2.16. The average molecular weight is 323 g/mol. The number of ether oxygens (including phenoxy) is 1. The van der Waals surface area contributed by atoms with Crippen LogP contribution >= 0.6 is 11.3 Å². The van der Waals surface area contributed by atoms with Crippen LogP contribution in [0.15, 0.2) is 11.4 Å². The molecule has 0 aliphatic carbocycles. The van der Waals surface area contributed by atoms with Gasteiger partial charge in [0.05, 0.1) is 18.9 Å². The number of nitrogens with two attached hydrogens (primary N) is 1. The van der Waals surface area contributed by atoms with Crippen LogP contribution in [-0.2, 0) is 4.74 Å². The molecule has 2 aliphatic heterocycles. The van der Waals surface area contributed by atoms with Gasteiger partial charge in [-0.15, -0.1) is 11.3 Å². The second kappa shape index (κ2) is 6.98. The number of hydrogen-bond donors (Lipinski definition) is 1. The Morgan fingerprint density at radius 2 is 2.00 bits per heavy atom. The van der Waals surface area contributed by atoms with Crippen molar-refractivity contribution >= 4 is 22.9 Å². The minimum Gasteiger partial charge on any atom is -0.397 e. The fourth-order valence-corrected chi connectivity index (χ4v) is 4.29. The largest absolute Gasteiger partial charge is 0.397 e. The number of morpholine rings is 1. The fraction of sp³-hybridized carbons (Fsp3) is 0.688. The SMILES string of the molecule is C[C@H](C1CCN(C(=O)c2sccc2N)CC1)N1CCOCC1. The van der Waals surface area contributed by atoms with Crippen LogP contribution in [0.4, 0.5) is 5.69 Å². The summed E-state index contributed by atoms with van der Waals surface area (Å²) in [6, 6.07) is 2.39. The van der Waals surface area contributed by atoms with E-state index in [0.717, 1.165) is 52.2 Å². The number of amides is 1. The lowest BCUT2D eigenvalue weighted by Crippen LogP contribution is -2.49. The van der Waals surface area contributed by atoms with Crippen LogP contribution in [0.3, 0.4) is 0 Å². The van der Waals surface area contributed by atoms with E-state index in [9.17, 15) is 4.79 Å². The minimum absolute atomic E-state index is 0.102. The number of thiophene rings is 1. The van der Waals surface area contributed by atoms with Gasteiger partial charge in [0.25, 0.3) is 5.91 Å². The van der Waals surface area contributed by atoms with Gasteiger partial charge >= 0.3 is 0 Å². The lowest BCUT2D eigenvalue weighted by Gasteiger charge is -2.41. The van der Waals surface area contributed by atoms with Crippen LogP contribution in [0.2, 0.25) is 0 Å². The maximum absolute atomic E-state index is 12.5. The molecule has 3 heterocycles. The first kappa shape index (κ1) is 15.8. The maximum Gasteiger partial charge on any atom is 0.266 e. The highest BCUT2D eigenvalue weighted by molar-refractivity contribution is 7.12. The topological polar surface area (TPSA) is 58.8 Å². The molecular formula is C16H25N3O2S. The molecule has 2 aliphatic rings. The van der Waals surface area contributed by atoms with Gasteiger partial charge in [0, 0.05) is 32.2 Å². The summed E-state index contributed by atoms with van der Waals surface area (Å²) < 4.78 is 5.43. The molecule has 0 unspecified atom stereocenters. The van der Waals surface area contributed by atoms with Gasteiger partial charge in [0.2, 0.25) is 0 Å². The molecule has 2 saturated heterocycles. The van der Waals surface area contributed by atoms with Crippen LogP contribution in [0.1, 0.15) is 29.4 Å². The lowest BCUT2D eigenvalue weighted by molar-refractivity contribution is -0.000914. The third-order valence-corrected chi connectivity index (χ3v) is 5.94. The van der Waals surface area contributed by atoms with E-state index in [-0.39, 0.29) is 5.91 Å². The average Bonchev–Trinajstić information content (AvgIpc) is 3.00. The lowest BCUT2D eigenvalue weighted by atomic mass is 9.89. The summed E-state index contributed by atoms with van der Waals surface area (Å²) in [5.41, 5.74) is 6.48. The highest BCUT2D eigenvalue weighted by Gasteiger charge is 2.30. The minimum atomic E-state index is 0.102. The predicted octanol–water partition coefficient (Wildman–Crippen LogP) is 1.90. The van der Waals surface area contributed by atoms with Gasteiger partial charge in [-0.2, -0.15) is 0 Å². The van der Waals surface area contributed by atoms with E-state index in [1.54, 1.807) is 0 Å². The van der Waals surface area contributed by atoms with Crippen LogP contribution < -0.4 is 5.73 Å². The quantitative estimate of drug-likeness (QED) is 0.923. The summed E-state index contributed by atoms with van der Waals surface area (Å²) in [6.45, 7) is 7.77. The number of nitrogens with zero attached hydrogens (tertiary/aromatic N) is 2. The number of anilines is 1. The van der Waals surface area contributed by atoms with Crippen LogP contribution in [0.25, 0.3) is 0 Å². The molecule has 2 fully saturated rings. The Morgan fingerprint density at radius 3 is 2.59 bits per heavy atom. The molecule has 1 atom stereocenters. The van der Waals surface area contributed by atoms with E-state index in [1.807, 2.05) is 16.3 Å². The van der Waals surface area contributed by atoms with Crippen molar-refractivity contribution < 1.29 is 9.53 Å². The van der Waals surface area contributed by atoms with Crippen molar-refractivity contribution in [1.82, 2.24) is 9.80 Å². The molecular weight excluding hydrogens is 298 g/mol. The Bertz CT molecular complexity index is 505. The van der Waals surface area contributed by atoms with Gasteiger partial charge in [-0.3, -0.25) is 9.69 Å². The number of carbonyl (C=O) groups is 1. The second-order valence-corrected chi connectivity index (χ2v) is 7.14. The number of likely N-dealkylation sites (tertiary alicyclic amines) is 1. The van der Waals surface area contributed by atoms with Crippen molar-refractivity contribution in [3.63, 3.8) is 0 Å². The zero-order valence-electron chi connectivity index (χ0n) is 13.2. The second-order valence-electron chi connectivity index (χ2n) is 6.22. The van der Waals surface area contributed by atoms with Crippen LogP contribution in [0, 0.1) is 5.92 Å². The van der Waals surface area contributed by atoms with Crippen molar-refractivity contribution in [2.75, 3.05) is 45.1 Å². The summed E-state index contributed by atoms with van der Waals surface area (Å²) in [5, 5.41) is 1.88. The van der Waals surface area contributed by atoms with Crippen molar-refractivity contribution in [3.8, 4) is 0 Å². The first-order chi connectivity index (χ1) is 10.7. The first-order valence-electron chi connectivity index (χ1n) is 8.11. The molecule has 0 saturated carbocycles. The number of rotatable bonds is 3. The maximum atomic E-state index is 12.5. The Hall–Kier alpha value is -1.11.